The third-order valence-corrected chi connectivity index (χ3v) is 8.36. The Kier molecular flexibility index (Phi) is 7.54. The predicted molar refractivity (Wildman–Crippen MR) is 115 cm³/mol. The highest BCUT2D eigenvalue weighted by molar-refractivity contribution is 5.77. The highest BCUT2D eigenvalue weighted by atomic mass is 16.6. The number of β-amino-alcohol motifs (C(OH)–C–C–N with tert-alkyl or cyclic N) is 1. The van der Waals surface area contributed by atoms with Crippen molar-refractivity contribution in [1.29, 1.82) is 0 Å². The van der Waals surface area contributed by atoms with Gasteiger partial charge in [-0.2, -0.15) is 0 Å². The predicted octanol–water partition coefficient (Wildman–Crippen LogP) is 1.66. The number of fused-ring (bicyclic) bond motifs is 1. The molecule has 8 heteroatoms. The van der Waals surface area contributed by atoms with Crippen LogP contribution in [0.25, 0.3) is 0 Å². The molecule has 1 aliphatic heterocycles. The van der Waals surface area contributed by atoms with Gasteiger partial charge >= 0.3 is 6.09 Å². The number of amides is 2. The van der Waals surface area contributed by atoms with Crippen LogP contribution in [0.1, 0.15) is 65.7 Å². The zero-order valence-electron chi connectivity index (χ0n) is 19.2. The number of rotatable bonds is 6. The van der Waals surface area contributed by atoms with E-state index in [9.17, 15) is 24.9 Å². The van der Waals surface area contributed by atoms with Gasteiger partial charge in [-0.15, -0.1) is 0 Å². The Morgan fingerprint density at radius 1 is 1.16 bits per heavy atom. The van der Waals surface area contributed by atoms with Gasteiger partial charge in [0.2, 0.25) is 5.91 Å². The molecule has 178 valence electrons. The Bertz CT molecular complexity index is 660. The van der Waals surface area contributed by atoms with Gasteiger partial charge < -0.3 is 30.3 Å². The fourth-order valence-corrected chi connectivity index (χ4v) is 6.46. The van der Waals surface area contributed by atoms with Gasteiger partial charge in [0.25, 0.3) is 0 Å². The van der Waals surface area contributed by atoms with Gasteiger partial charge in [-0.05, 0) is 55.8 Å². The largest absolute Gasteiger partial charge is 0.446 e. The maximum Gasteiger partial charge on any atom is 0.407 e. The summed E-state index contributed by atoms with van der Waals surface area (Å²) in [7, 11) is 0. The number of carbonyl (C=O) groups excluding carboxylic acids is 2. The number of likely N-dealkylation sites (tertiary alicyclic amines) is 1. The van der Waals surface area contributed by atoms with Crippen molar-refractivity contribution in [2.75, 3.05) is 26.2 Å². The molecule has 0 unspecified atom stereocenters. The van der Waals surface area contributed by atoms with E-state index in [1.54, 1.807) is 4.90 Å². The van der Waals surface area contributed by atoms with Crippen LogP contribution in [0.4, 0.5) is 4.79 Å². The molecule has 2 amide bonds. The van der Waals surface area contributed by atoms with E-state index in [1.165, 1.54) is 0 Å². The molecule has 3 fully saturated rings. The van der Waals surface area contributed by atoms with E-state index in [0.29, 0.717) is 38.9 Å². The zero-order valence-corrected chi connectivity index (χ0v) is 19.2. The van der Waals surface area contributed by atoms with Gasteiger partial charge in [-0.3, -0.25) is 4.79 Å². The number of alkyl carbamates (subject to hydrolysis) is 1. The molecule has 1 saturated heterocycles. The van der Waals surface area contributed by atoms with Crippen LogP contribution in [-0.4, -0.2) is 76.8 Å². The lowest BCUT2D eigenvalue weighted by atomic mass is 9.46. The topological polar surface area (TPSA) is 119 Å². The molecule has 3 rings (SSSR count). The molecule has 0 aromatic carbocycles. The third kappa shape index (κ3) is 4.71. The first-order valence-corrected chi connectivity index (χ1v) is 11.8. The van der Waals surface area contributed by atoms with Gasteiger partial charge in [-0.1, -0.05) is 20.8 Å². The molecule has 0 radical (unpaired) electrons. The number of hydrogen-bond donors (Lipinski definition) is 4. The molecule has 1 heterocycles. The van der Waals surface area contributed by atoms with Crippen molar-refractivity contribution < 1.29 is 29.6 Å². The van der Waals surface area contributed by atoms with Crippen molar-refractivity contribution in [3.63, 3.8) is 0 Å². The van der Waals surface area contributed by atoms with Crippen LogP contribution in [0.5, 0.6) is 0 Å². The van der Waals surface area contributed by atoms with Gasteiger partial charge in [0.1, 0.15) is 6.10 Å². The fraction of sp³-hybridized carbons (Fsp3) is 0.913. The molecule has 4 N–H and O–H groups in total. The van der Waals surface area contributed by atoms with Crippen molar-refractivity contribution in [2.24, 2.45) is 22.7 Å². The van der Waals surface area contributed by atoms with Crippen LogP contribution in [0.3, 0.4) is 0 Å². The van der Waals surface area contributed by atoms with Crippen LogP contribution in [0, 0.1) is 22.7 Å². The Balaban J connectivity index is 1.77. The maximum atomic E-state index is 12.9. The average molecular weight is 441 g/mol. The first-order valence-electron chi connectivity index (χ1n) is 11.8. The van der Waals surface area contributed by atoms with Gasteiger partial charge in [0.05, 0.1) is 18.8 Å². The minimum atomic E-state index is -0.637. The SMILES string of the molecule is CCCNC(=O)O[C@@H]1CC[C@]2(C)[C@@H](CC[C@@H](O)[C@H]2CC(=O)N2CC[C@@H](O)C2)[C@]1(C)CO. The Morgan fingerprint density at radius 2 is 1.90 bits per heavy atom. The number of hydrogen-bond acceptors (Lipinski definition) is 6. The van der Waals surface area contributed by atoms with Crippen LogP contribution < -0.4 is 5.32 Å². The van der Waals surface area contributed by atoms with Crippen molar-refractivity contribution in [1.82, 2.24) is 10.2 Å². The lowest BCUT2D eigenvalue weighted by molar-refractivity contribution is -0.187. The molecule has 0 aromatic rings. The number of carbonyl (C=O) groups is 2. The average Bonchev–Trinajstić information content (AvgIpc) is 3.17. The monoisotopic (exact) mass is 440 g/mol. The molecule has 2 saturated carbocycles. The third-order valence-electron chi connectivity index (χ3n) is 8.36. The molecule has 31 heavy (non-hydrogen) atoms. The molecule has 2 aliphatic carbocycles. The summed E-state index contributed by atoms with van der Waals surface area (Å²) in [6.07, 6.45) is 2.34. The first kappa shape index (κ1) is 24.3. The molecule has 0 aromatic heterocycles. The summed E-state index contributed by atoms with van der Waals surface area (Å²) < 4.78 is 5.75. The molecular formula is C23H40N2O6. The van der Waals surface area contributed by atoms with Crippen molar-refractivity contribution >= 4 is 12.0 Å². The van der Waals surface area contributed by atoms with E-state index in [1.807, 2.05) is 13.8 Å². The van der Waals surface area contributed by atoms with E-state index >= 15 is 0 Å². The van der Waals surface area contributed by atoms with Crippen molar-refractivity contribution in [3.8, 4) is 0 Å². The number of aliphatic hydroxyl groups excluding tert-OH is 3. The Hall–Kier alpha value is -1.38. The first-order chi connectivity index (χ1) is 14.7. The molecule has 3 aliphatic rings. The lowest BCUT2D eigenvalue weighted by Crippen LogP contribution is -2.61. The van der Waals surface area contributed by atoms with E-state index in [4.69, 9.17) is 4.74 Å². The second-order valence-electron chi connectivity index (χ2n) is 10.3. The van der Waals surface area contributed by atoms with Crippen LogP contribution in [0.2, 0.25) is 0 Å². The van der Waals surface area contributed by atoms with E-state index in [0.717, 1.165) is 19.3 Å². The smallest absolute Gasteiger partial charge is 0.407 e. The van der Waals surface area contributed by atoms with E-state index < -0.39 is 29.8 Å². The lowest BCUT2D eigenvalue weighted by Gasteiger charge is -2.60. The molecule has 0 bridgehead atoms. The van der Waals surface area contributed by atoms with Gasteiger partial charge in [0.15, 0.2) is 0 Å². The quantitative estimate of drug-likeness (QED) is 0.499. The van der Waals surface area contributed by atoms with Crippen LogP contribution in [-0.2, 0) is 9.53 Å². The van der Waals surface area contributed by atoms with Crippen molar-refractivity contribution in [3.05, 3.63) is 0 Å². The highest BCUT2D eigenvalue weighted by Gasteiger charge is 2.60. The van der Waals surface area contributed by atoms with Crippen LogP contribution in [0.15, 0.2) is 0 Å². The van der Waals surface area contributed by atoms with E-state index in [2.05, 4.69) is 12.2 Å². The summed E-state index contributed by atoms with van der Waals surface area (Å²) in [6.45, 7) is 7.41. The number of nitrogens with zero attached hydrogens (tertiary/aromatic N) is 1. The Morgan fingerprint density at radius 3 is 2.52 bits per heavy atom. The minimum absolute atomic E-state index is 0.0214. The fourth-order valence-electron chi connectivity index (χ4n) is 6.46. The minimum Gasteiger partial charge on any atom is -0.446 e. The number of aliphatic hydroxyl groups is 3. The summed E-state index contributed by atoms with van der Waals surface area (Å²) in [6, 6.07) is 0. The highest BCUT2D eigenvalue weighted by Crippen LogP contribution is 2.61. The normalized spacial score (nSPS) is 40.3. The standard InChI is InChI=1S/C23H40N2O6/c1-4-10-24-21(30)31-19-7-9-22(2)16(12-20(29)25-11-8-15(27)13-25)17(28)5-6-18(22)23(19,3)14-26/h15-19,26-28H,4-14H2,1-3H3,(H,24,30)/t15-,16-,17-,18-,19-,22+,23+/m1/s1. The second kappa shape index (κ2) is 9.63. The number of nitrogens with one attached hydrogen (secondary N) is 1. The van der Waals surface area contributed by atoms with Crippen LogP contribution >= 0.6 is 0 Å². The molecule has 8 nitrogen and oxygen atoms in total. The molecule has 0 spiro atoms. The summed E-state index contributed by atoms with van der Waals surface area (Å²) in [4.78, 5) is 26.9. The van der Waals surface area contributed by atoms with E-state index in [-0.39, 0.29) is 36.2 Å². The second-order valence-corrected chi connectivity index (χ2v) is 10.3. The Labute approximate surface area is 185 Å². The summed E-state index contributed by atoms with van der Waals surface area (Å²) in [5.41, 5.74) is -0.981. The maximum absolute atomic E-state index is 12.9. The summed E-state index contributed by atoms with van der Waals surface area (Å²) >= 11 is 0. The summed E-state index contributed by atoms with van der Waals surface area (Å²) in [5, 5.41) is 33.8. The summed E-state index contributed by atoms with van der Waals surface area (Å²) in [5.74, 6) is -0.226. The zero-order chi connectivity index (χ0) is 22.8. The van der Waals surface area contributed by atoms with Gasteiger partial charge in [-0.25, -0.2) is 4.79 Å². The molecule has 7 atom stereocenters. The van der Waals surface area contributed by atoms with Gasteiger partial charge in [0, 0.05) is 31.5 Å². The number of ether oxygens (including phenoxy) is 1. The van der Waals surface area contributed by atoms with Crippen molar-refractivity contribution in [2.45, 2.75) is 84.0 Å². The molecular weight excluding hydrogens is 400 g/mol.